The first-order valence-electron chi connectivity index (χ1n) is 30.2. The predicted octanol–water partition coefficient (Wildman–Crippen LogP) is 11.9. The van der Waals surface area contributed by atoms with E-state index in [0.29, 0.717) is 35.9 Å². The molecular weight excluding hydrogens is 1780 g/mol. The number of benzene rings is 3. The average molecular weight is 1850 g/mol. The van der Waals surface area contributed by atoms with Crippen LogP contribution in [0.25, 0.3) is 21.1 Å². The summed E-state index contributed by atoms with van der Waals surface area (Å²) >= 11 is 6.22. The number of carbonyl (C=O) groups excluding carboxylic acids is 2. The van der Waals surface area contributed by atoms with E-state index in [4.69, 9.17) is 9.47 Å². The molecular formula is C63H77BrIN13O16S8Sn. The predicted molar refractivity (Wildman–Crippen MR) is 415 cm³/mol. The van der Waals surface area contributed by atoms with Gasteiger partial charge in [0.2, 0.25) is 0 Å². The van der Waals surface area contributed by atoms with E-state index in [-0.39, 0.29) is 52.1 Å². The molecule has 0 aliphatic rings. The molecule has 40 heteroatoms. The molecule has 0 saturated heterocycles. The van der Waals surface area contributed by atoms with Crippen LogP contribution in [0.2, 0.25) is 14.8 Å². The molecule has 10 rings (SSSR count). The Hall–Kier alpha value is -6.91. The number of carboxylic acid groups (broad SMARTS) is 1. The van der Waals surface area contributed by atoms with Crippen molar-refractivity contribution in [3.63, 3.8) is 0 Å². The van der Waals surface area contributed by atoms with Gasteiger partial charge in [0.1, 0.15) is 31.5 Å². The van der Waals surface area contributed by atoms with Gasteiger partial charge in [-0.25, -0.2) is 39.6 Å². The molecule has 3 aromatic carbocycles. The molecule has 556 valence electrons. The summed E-state index contributed by atoms with van der Waals surface area (Å²) in [4.78, 5) is 44.7. The number of anilines is 3. The van der Waals surface area contributed by atoms with Gasteiger partial charge >= 0.3 is 123 Å². The van der Waals surface area contributed by atoms with E-state index in [1.165, 1.54) is 83.2 Å². The molecule has 6 N–H and O–H groups in total. The SMILES string of the molecule is CN(C)S(=O)(=O)n1cc[c]([Sn]([CH3])([CH3])[CH3])n1.Cc1ccccc1S(=O)(=O)Nc1cc(-c2ccn(S(=O)(=O)N(C)C)n2)sc1C(=O)OC(C)(C)C.Cc1ccccc1S(=O)(=O)Nc1cc(-c2ccn[nH]2)sc1C(=O)O.Cc1ccccc1S(=O)(=O)Nc1cc(Br)sc1C(=O)OC(C)(C)C.Ic1ccn[nH]1. The first-order chi connectivity index (χ1) is 47.5. The van der Waals surface area contributed by atoms with Gasteiger partial charge in [0, 0.05) is 32.7 Å². The number of ether oxygens (including phenoxy) is 2. The minimum atomic E-state index is -4.02. The zero-order valence-corrected chi connectivity index (χ0v) is 71.6. The summed E-state index contributed by atoms with van der Waals surface area (Å²) < 4.78 is 149. The Bertz CT molecular complexity index is 5230. The van der Waals surface area contributed by atoms with E-state index in [0.717, 1.165) is 58.2 Å². The molecule has 0 fully saturated rings. The second-order valence-electron chi connectivity index (χ2n) is 25.3. The quantitative estimate of drug-likeness (QED) is 0.0249. The third-order valence-corrected chi connectivity index (χ3v) is 30.6. The molecule has 7 aromatic heterocycles. The summed E-state index contributed by atoms with van der Waals surface area (Å²) in [6, 6.07) is 30.9. The van der Waals surface area contributed by atoms with Crippen LogP contribution in [-0.2, 0) is 60.0 Å². The van der Waals surface area contributed by atoms with Crippen LogP contribution in [0, 0.1) is 24.5 Å². The Morgan fingerprint density at radius 3 is 1.30 bits per heavy atom. The number of nitrogens with zero attached hydrogens (tertiary/aromatic N) is 8. The van der Waals surface area contributed by atoms with Crippen molar-refractivity contribution < 1.29 is 71.1 Å². The number of carboxylic acids is 1. The second-order valence-corrected chi connectivity index (χ2v) is 54.2. The zero-order chi connectivity index (χ0) is 77.2. The van der Waals surface area contributed by atoms with Crippen LogP contribution in [0.3, 0.4) is 0 Å². The van der Waals surface area contributed by atoms with Crippen LogP contribution < -0.4 is 17.9 Å². The van der Waals surface area contributed by atoms with Crippen LogP contribution in [0.1, 0.15) is 87.2 Å². The monoisotopic (exact) mass is 1850 g/mol. The molecule has 0 atom stereocenters. The van der Waals surface area contributed by atoms with E-state index in [2.05, 4.69) is 98.1 Å². The van der Waals surface area contributed by atoms with Crippen molar-refractivity contribution in [3.05, 3.63) is 179 Å². The third-order valence-electron chi connectivity index (χ3n) is 13.2. The molecule has 0 aliphatic heterocycles. The van der Waals surface area contributed by atoms with Gasteiger partial charge in [0.05, 0.1) is 54.7 Å². The summed E-state index contributed by atoms with van der Waals surface area (Å²) in [5, 5.41) is 30.6. The van der Waals surface area contributed by atoms with Gasteiger partial charge in [-0.05, 0) is 172 Å². The standard InChI is InChI=1S/C21H26N4O6S3.C16H18BrNO4S2.C15H13N3O4S2.C5H8N3O2S.C3H3IN2.3CH3.Sn/c1-14-9-7-8-10-18(14)33(27,28)23-16-13-17(32-19(16)20(26)31-21(2,3)4)15-11-12-25(22-15)34(29,30)24(5)6;1-10-7-5-6-8-12(10)24(20,21)18-11-9-13(17)23-14(11)15(19)22-16(2,3)4;1-9-4-2-3-5-13(9)24(21,22)18-11-8-12(10-6-7-16-17-10)23-14(11)15(19)20;1-7(2)11(9,10)8-5-3-4-6-8;4-3-1-2-5-6-3;;;;/h7-13,23H,1-6H3;5-9,18H,1-4H3;2-8,18H,1H3,(H,16,17)(H,19,20);3,5H,1-2H3;1-2H,(H,5,6);3*1H3;. The summed E-state index contributed by atoms with van der Waals surface area (Å²) in [5.41, 5.74) is 1.37. The number of carbonyl (C=O) groups is 3. The number of thiophene rings is 3. The van der Waals surface area contributed by atoms with Crippen molar-refractivity contribution in [3.8, 4) is 21.1 Å². The fourth-order valence-corrected chi connectivity index (χ4v) is 20.5. The van der Waals surface area contributed by atoms with Crippen molar-refractivity contribution in [1.82, 2.24) is 47.4 Å². The van der Waals surface area contributed by atoms with E-state index in [1.54, 1.807) is 135 Å². The van der Waals surface area contributed by atoms with Crippen LogP contribution in [0.15, 0.2) is 159 Å². The Morgan fingerprint density at radius 1 is 0.544 bits per heavy atom. The van der Waals surface area contributed by atoms with Gasteiger partial charge in [-0.2, -0.15) is 32.1 Å². The van der Waals surface area contributed by atoms with Crippen molar-refractivity contribution in [2.24, 2.45) is 0 Å². The summed E-state index contributed by atoms with van der Waals surface area (Å²) in [5.74, 6) is -2.49. The number of sulfonamides is 3. The molecule has 29 nitrogen and oxygen atoms in total. The van der Waals surface area contributed by atoms with Gasteiger partial charge in [0.25, 0.3) is 30.1 Å². The molecule has 10 aromatic rings. The molecule has 0 radical (unpaired) electrons. The van der Waals surface area contributed by atoms with Gasteiger partial charge in [-0.1, -0.05) is 54.6 Å². The Kier molecular flexibility index (Phi) is 28.5. The van der Waals surface area contributed by atoms with E-state index in [9.17, 15) is 61.6 Å². The fraction of sp³-hybridized carbons (Fsp3) is 0.286. The maximum Gasteiger partial charge on any atom is 0.351 e. The maximum atomic E-state index is 13.1. The molecule has 7 heterocycles. The van der Waals surface area contributed by atoms with Crippen molar-refractivity contribution >= 4 is 180 Å². The van der Waals surface area contributed by atoms with E-state index in [1.807, 2.05) is 12.1 Å². The zero-order valence-electron chi connectivity index (χ0n) is 58.4. The Morgan fingerprint density at radius 2 is 0.932 bits per heavy atom. The van der Waals surface area contributed by atoms with E-state index < -0.39 is 98.0 Å². The molecule has 0 unspecified atom stereocenters. The number of aromatic carboxylic acids is 1. The van der Waals surface area contributed by atoms with Crippen LogP contribution >= 0.6 is 72.5 Å². The Labute approximate surface area is 637 Å². The Balaban J connectivity index is 0.000000216. The topological polar surface area (TPSA) is 396 Å². The van der Waals surface area contributed by atoms with Crippen molar-refractivity contribution in [2.45, 2.75) is 103 Å². The van der Waals surface area contributed by atoms with Gasteiger partial charge in [0.15, 0.2) is 0 Å². The maximum absolute atomic E-state index is 13.1. The number of nitrogens with one attached hydrogen (secondary N) is 5. The summed E-state index contributed by atoms with van der Waals surface area (Å²) in [6.07, 6.45) is 6.05. The molecule has 0 aliphatic carbocycles. The van der Waals surface area contributed by atoms with Gasteiger partial charge < -0.3 is 14.6 Å². The molecule has 0 bridgehead atoms. The number of aromatic amines is 2. The van der Waals surface area contributed by atoms with Gasteiger partial charge in [-0.3, -0.25) is 24.4 Å². The molecule has 0 amide bonds. The average Bonchev–Trinajstić information content (AvgIpc) is 1.64. The molecule has 0 saturated carbocycles. The largest absolute Gasteiger partial charge is 0.477 e. The van der Waals surface area contributed by atoms with E-state index >= 15 is 0 Å². The number of H-pyrrole nitrogens is 2. The second kappa shape index (κ2) is 34.6. The minimum absolute atomic E-state index is 0.0162. The van der Waals surface area contributed by atoms with Crippen molar-refractivity contribution in [2.75, 3.05) is 42.4 Å². The number of hydrogen-bond donors (Lipinski definition) is 6. The van der Waals surface area contributed by atoms with Gasteiger partial charge in [-0.15, -0.1) is 34.0 Å². The fourth-order valence-electron chi connectivity index (χ4n) is 8.28. The first kappa shape index (κ1) is 85.0. The molecule has 0 spiro atoms. The minimum Gasteiger partial charge on any atom is -0.477 e. The van der Waals surface area contributed by atoms with Crippen LogP contribution in [0.4, 0.5) is 17.1 Å². The number of halogens is 2. The normalized spacial score (nSPS) is 12.1. The van der Waals surface area contributed by atoms with Crippen molar-refractivity contribution in [1.29, 1.82) is 0 Å². The van der Waals surface area contributed by atoms with Crippen LogP contribution in [-0.4, -0.2) is 170 Å². The number of rotatable bonds is 19. The summed E-state index contributed by atoms with van der Waals surface area (Å²) in [6.45, 7) is 15.4. The number of aryl methyl sites for hydroxylation is 3. The number of aromatic nitrogens is 8. The third kappa shape index (κ3) is 23.5. The number of esters is 2. The van der Waals surface area contributed by atoms with Crippen LogP contribution in [0.5, 0.6) is 0 Å². The molecule has 103 heavy (non-hydrogen) atoms. The first-order valence-corrected chi connectivity index (χ1v) is 51.7. The smallest absolute Gasteiger partial charge is 0.351 e. The number of hydrogen-bond acceptors (Lipinski definition) is 22. The summed E-state index contributed by atoms with van der Waals surface area (Å²) in [7, 11) is -13.2.